The summed E-state index contributed by atoms with van der Waals surface area (Å²) in [4.78, 5) is 0. The molecule has 38 heavy (non-hydrogen) atoms. The zero-order valence-electron chi connectivity index (χ0n) is 22.3. The number of aryl methyl sites for hydroxylation is 1. The van der Waals surface area contributed by atoms with Crippen LogP contribution in [0.2, 0.25) is 0 Å². The fraction of sp³-hybridized carbons (Fsp3) is 0.394. The van der Waals surface area contributed by atoms with E-state index in [0.29, 0.717) is 41.9 Å². The first-order chi connectivity index (χ1) is 18.5. The predicted molar refractivity (Wildman–Crippen MR) is 147 cm³/mol. The summed E-state index contributed by atoms with van der Waals surface area (Å²) in [5.41, 5.74) is 3.05. The quantitative estimate of drug-likeness (QED) is 0.184. The highest BCUT2D eigenvalue weighted by atomic mass is 19.2. The van der Waals surface area contributed by atoms with Gasteiger partial charge < -0.3 is 9.47 Å². The van der Waals surface area contributed by atoms with Crippen molar-refractivity contribution in [1.29, 1.82) is 0 Å². The molecule has 0 atom stereocenters. The molecule has 1 aliphatic rings. The first-order valence-electron chi connectivity index (χ1n) is 13.7. The fourth-order valence-corrected chi connectivity index (χ4v) is 4.92. The normalized spacial score (nSPS) is 17.8. The number of hydrogen-bond acceptors (Lipinski definition) is 2. The molecule has 4 rings (SSSR count). The molecule has 0 unspecified atom stereocenters. The Kier molecular flexibility index (Phi) is 10.2. The van der Waals surface area contributed by atoms with Crippen molar-refractivity contribution in [2.75, 3.05) is 13.2 Å². The van der Waals surface area contributed by atoms with Crippen LogP contribution in [-0.4, -0.2) is 13.2 Å². The molecule has 0 bridgehead atoms. The molecule has 0 aromatic heterocycles. The monoisotopic (exact) mass is 522 g/mol. The highest BCUT2D eigenvalue weighted by molar-refractivity contribution is 5.71. The Balaban J connectivity index is 1.41. The van der Waals surface area contributed by atoms with E-state index < -0.39 is 23.7 Å². The Labute approximate surface area is 224 Å². The van der Waals surface area contributed by atoms with Gasteiger partial charge in [0.1, 0.15) is 5.82 Å². The number of rotatable bonds is 11. The first-order valence-corrected chi connectivity index (χ1v) is 13.7. The summed E-state index contributed by atoms with van der Waals surface area (Å²) in [5.74, 6) is -1.81. The van der Waals surface area contributed by atoms with Crippen molar-refractivity contribution in [2.45, 2.75) is 65.1 Å². The molecule has 3 aromatic rings. The third-order valence-corrected chi connectivity index (χ3v) is 7.13. The minimum atomic E-state index is -0.819. The van der Waals surface area contributed by atoms with Crippen LogP contribution in [0.3, 0.4) is 0 Å². The van der Waals surface area contributed by atoms with Gasteiger partial charge in [-0.15, -0.1) is 0 Å². The maximum Gasteiger partial charge on any atom is 0.186 e. The van der Waals surface area contributed by atoms with Gasteiger partial charge in [0.05, 0.1) is 13.2 Å². The van der Waals surface area contributed by atoms with Crippen LogP contribution in [0.15, 0.2) is 66.7 Å². The van der Waals surface area contributed by atoms with Gasteiger partial charge >= 0.3 is 0 Å². The second kappa shape index (κ2) is 13.8. The molecule has 0 radical (unpaired) electrons. The van der Waals surface area contributed by atoms with Crippen LogP contribution in [0.25, 0.3) is 22.3 Å². The largest absolute Gasteiger partial charge is 0.348 e. The molecule has 0 saturated carbocycles. The molecule has 1 saturated heterocycles. The van der Waals surface area contributed by atoms with Crippen LogP contribution in [0.4, 0.5) is 13.2 Å². The van der Waals surface area contributed by atoms with E-state index in [-0.39, 0.29) is 11.5 Å². The summed E-state index contributed by atoms with van der Waals surface area (Å²) in [7, 11) is 0. The number of halogens is 3. The topological polar surface area (TPSA) is 18.5 Å². The molecular weight excluding hydrogens is 485 g/mol. The summed E-state index contributed by atoms with van der Waals surface area (Å²) in [6, 6.07) is 15.3. The SMILES string of the molecule is C/C=C/C1COC(c2ccc(-c3ccc(-c4ccc(CCCCCCCC)c(F)c4F)cc3)cc2F)OC1. The third kappa shape index (κ3) is 6.95. The van der Waals surface area contributed by atoms with Gasteiger partial charge in [-0.25, -0.2) is 13.2 Å². The average molecular weight is 523 g/mol. The molecule has 0 spiro atoms. The van der Waals surface area contributed by atoms with Crippen LogP contribution < -0.4 is 0 Å². The maximum atomic E-state index is 14.9. The Bertz CT molecular complexity index is 1210. The molecule has 202 valence electrons. The zero-order valence-corrected chi connectivity index (χ0v) is 22.3. The van der Waals surface area contributed by atoms with Gasteiger partial charge in [-0.1, -0.05) is 99.7 Å². The lowest BCUT2D eigenvalue weighted by Crippen LogP contribution is -2.26. The predicted octanol–water partition coefficient (Wildman–Crippen LogP) is 9.58. The Hall–Kier alpha value is -2.89. The molecule has 2 nitrogen and oxygen atoms in total. The number of unbranched alkanes of at least 4 members (excludes halogenated alkanes) is 5. The van der Waals surface area contributed by atoms with E-state index in [1.54, 1.807) is 42.5 Å². The molecule has 1 heterocycles. The number of allylic oxidation sites excluding steroid dienone is 1. The van der Waals surface area contributed by atoms with E-state index in [1.807, 2.05) is 25.1 Å². The lowest BCUT2D eigenvalue weighted by molar-refractivity contribution is -0.198. The summed E-state index contributed by atoms with van der Waals surface area (Å²) in [5, 5.41) is 0. The molecule has 1 fully saturated rings. The highest BCUT2D eigenvalue weighted by Gasteiger charge is 2.24. The van der Waals surface area contributed by atoms with Crippen LogP contribution >= 0.6 is 0 Å². The van der Waals surface area contributed by atoms with E-state index >= 15 is 0 Å². The van der Waals surface area contributed by atoms with Crippen LogP contribution in [0.5, 0.6) is 0 Å². The van der Waals surface area contributed by atoms with Gasteiger partial charge in [0.15, 0.2) is 17.9 Å². The third-order valence-electron chi connectivity index (χ3n) is 7.13. The molecule has 5 heteroatoms. The molecular formula is C33H37F3O2. The van der Waals surface area contributed by atoms with Crippen molar-refractivity contribution >= 4 is 0 Å². The highest BCUT2D eigenvalue weighted by Crippen LogP contribution is 2.32. The lowest BCUT2D eigenvalue weighted by atomic mass is 9.97. The summed E-state index contributed by atoms with van der Waals surface area (Å²) >= 11 is 0. The van der Waals surface area contributed by atoms with Gasteiger partial charge in [-0.05, 0) is 48.1 Å². The van der Waals surface area contributed by atoms with Crippen molar-refractivity contribution in [2.24, 2.45) is 5.92 Å². The molecule has 3 aromatic carbocycles. The van der Waals surface area contributed by atoms with E-state index in [4.69, 9.17) is 9.47 Å². The standard InChI is InChI=1S/C33H37F3O2/c1-3-5-6-7-8-9-11-26-16-18-28(32(36)31(26)35)25-14-12-24(13-15-25)27-17-19-29(30(34)20-27)33-37-21-23(10-4-2)22-38-33/h4,10,12-20,23,33H,3,5-9,11,21-22H2,1-2H3/b10-4+. The average Bonchev–Trinajstić information content (AvgIpc) is 2.94. The Morgan fingerprint density at radius 3 is 2.11 bits per heavy atom. The molecule has 0 aliphatic carbocycles. The van der Waals surface area contributed by atoms with E-state index in [0.717, 1.165) is 24.8 Å². The van der Waals surface area contributed by atoms with Crippen molar-refractivity contribution in [1.82, 2.24) is 0 Å². The van der Waals surface area contributed by atoms with Gasteiger partial charge in [-0.3, -0.25) is 0 Å². The van der Waals surface area contributed by atoms with E-state index in [9.17, 15) is 13.2 Å². The molecule has 0 amide bonds. The minimum Gasteiger partial charge on any atom is -0.348 e. The second-order valence-corrected chi connectivity index (χ2v) is 10.0. The Morgan fingerprint density at radius 1 is 0.763 bits per heavy atom. The molecule has 0 N–H and O–H groups in total. The van der Waals surface area contributed by atoms with Crippen LogP contribution in [-0.2, 0) is 15.9 Å². The number of ether oxygens (including phenoxy) is 2. The van der Waals surface area contributed by atoms with Gasteiger partial charge in [0, 0.05) is 17.0 Å². The lowest BCUT2D eigenvalue weighted by Gasteiger charge is -2.28. The van der Waals surface area contributed by atoms with Crippen molar-refractivity contribution in [3.63, 3.8) is 0 Å². The van der Waals surface area contributed by atoms with Gasteiger partial charge in [-0.2, -0.15) is 0 Å². The number of hydrogen-bond donors (Lipinski definition) is 0. The van der Waals surface area contributed by atoms with Crippen molar-refractivity contribution in [3.05, 3.63) is 95.3 Å². The van der Waals surface area contributed by atoms with Crippen molar-refractivity contribution < 1.29 is 22.6 Å². The molecule has 1 aliphatic heterocycles. The van der Waals surface area contributed by atoms with E-state index in [1.165, 1.54) is 25.3 Å². The van der Waals surface area contributed by atoms with E-state index in [2.05, 4.69) is 6.92 Å². The summed E-state index contributed by atoms with van der Waals surface area (Å²) in [6.07, 6.45) is 10.4. The van der Waals surface area contributed by atoms with Crippen LogP contribution in [0.1, 0.15) is 69.8 Å². The number of benzene rings is 3. The summed E-state index contributed by atoms with van der Waals surface area (Å²) < 4.78 is 56.1. The fourth-order valence-electron chi connectivity index (χ4n) is 4.92. The second-order valence-electron chi connectivity index (χ2n) is 10.0. The van der Waals surface area contributed by atoms with Crippen LogP contribution in [0, 0.1) is 23.4 Å². The minimum absolute atomic E-state index is 0.173. The smallest absolute Gasteiger partial charge is 0.186 e. The maximum absolute atomic E-state index is 14.9. The van der Waals surface area contributed by atoms with Gasteiger partial charge in [0.25, 0.3) is 0 Å². The zero-order chi connectivity index (χ0) is 26.9. The summed E-state index contributed by atoms with van der Waals surface area (Å²) in [6.45, 7) is 5.08. The van der Waals surface area contributed by atoms with Crippen molar-refractivity contribution in [3.8, 4) is 22.3 Å². The van der Waals surface area contributed by atoms with Gasteiger partial charge in [0.2, 0.25) is 0 Å². The first kappa shape index (κ1) is 28.1. The Morgan fingerprint density at radius 2 is 1.42 bits per heavy atom.